The monoisotopic (exact) mass is 344 g/mol. The van der Waals surface area contributed by atoms with Crippen LogP contribution in [0.2, 0.25) is 0 Å². The first-order valence-corrected chi connectivity index (χ1v) is 8.52. The summed E-state index contributed by atoms with van der Waals surface area (Å²) in [7, 11) is 1.39. The SMILES string of the molecule is COc1ccc([C@@H](CCC(C)C)N2CCNCC2)c(C(F)(F)F)c1. The van der Waals surface area contributed by atoms with E-state index in [2.05, 4.69) is 24.1 Å². The number of methoxy groups -OCH3 is 1. The summed E-state index contributed by atoms with van der Waals surface area (Å²) in [5, 5.41) is 3.27. The van der Waals surface area contributed by atoms with Gasteiger partial charge in [-0.2, -0.15) is 13.2 Å². The second kappa shape index (κ2) is 8.21. The van der Waals surface area contributed by atoms with Gasteiger partial charge in [-0.1, -0.05) is 19.9 Å². The maximum absolute atomic E-state index is 13.6. The van der Waals surface area contributed by atoms with E-state index in [0.717, 1.165) is 45.1 Å². The number of benzene rings is 1. The van der Waals surface area contributed by atoms with Gasteiger partial charge in [0, 0.05) is 32.2 Å². The van der Waals surface area contributed by atoms with Crippen molar-refractivity contribution in [2.24, 2.45) is 5.92 Å². The molecule has 1 saturated heterocycles. The summed E-state index contributed by atoms with van der Waals surface area (Å²) in [6.45, 7) is 7.38. The van der Waals surface area contributed by atoms with Crippen LogP contribution >= 0.6 is 0 Å². The number of alkyl halides is 3. The van der Waals surface area contributed by atoms with Gasteiger partial charge in [0.05, 0.1) is 12.7 Å². The lowest BCUT2D eigenvalue weighted by Gasteiger charge is -2.36. The minimum Gasteiger partial charge on any atom is -0.497 e. The molecule has 24 heavy (non-hydrogen) atoms. The van der Waals surface area contributed by atoms with E-state index in [4.69, 9.17) is 4.74 Å². The van der Waals surface area contributed by atoms with E-state index in [1.54, 1.807) is 12.1 Å². The first-order valence-electron chi connectivity index (χ1n) is 8.52. The predicted octanol–water partition coefficient (Wildman–Crippen LogP) is 4.10. The molecule has 1 N–H and O–H groups in total. The first kappa shape index (κ1) is 19.1. The van der Waals surface area contributed by atoms with E-state index < -0.39 is 11.7 Å². The van der Waals surface area contributed by atoms with Gasteiger partial charge in [0.25, 0.3) is 0 Å². The van der Waals surface area contributed by atoms with E-state index in [9.17, 15) is 13.2 Å². The highest BCUT2D eigenvalue weighted by atomic mass is 19.4. The van der Waals surface area contributed by atoms with Crippen molar-refractivity contribution in [2.75, 3.05) is 33.3 Å². The van der Waals surface area contributed by atoms with Crippen LogP contribution in [0.25, 0.3) is 0 Å². The summed E-state index contributed by atoms with van der Waals surface area (Å²) in [6.07, 6.45) is -2.75. The zero-order chi connectivity index (χ0) is 17.7. The lowest BCUT2D eigenvalue weighted by molar-refractivity contribution is -0.139. The van der Waals surface area contributed by atoms with Gasteiger partial charge in [-0.25, -0.2) is 0 Å². The van der Waals surface area contributed by atoms with E-state index in [1.807, 2.05) is 0 Å². The molecule has 1 aliphatic heterocycles. The molecule has 1 atom stereocenters. The second-order valence-electron chi connectivity index (χ2n) is 6.72. The number of nitrogens with one attached hydrogen (secondary N) is 1. The number of nitrogens with zero attached hydrogens (tertiary/aromatic N) is 1. The highest BCUT2D eigenvalue weighted by Crippen LogP contribution is 2.40. The maximum atomic E-state index is 13.6. The Labute approximate surface area is 142 Å². The Bertz CT molecular complexity index is 525. The summed E-state index contributed by atoms with van der Waals surface area (Å²) in [6, 6.07) is 4.14. The summed E-state index contributed by atoms with van der Waals surface area (Å²) in [4.78, 5) is 2.18. The molecule has 1 aliphatic rings. The molecule has 1 fully saturated rings. The van der Waals surface area contributed by atoms with Crippen molar-refractivity contribution in [1.82, 2.24) is 10.2 Å². The molecular formula is C18H27F3N2O. The summed E-state index contributed by atoms with van der Waals surface area (Å²) >= 11 is 0. The Morgan fingerprint density at radius 3 is 2.38 bits per heavy atom. The van der Waals surface area contributed by atoms with Crippen LogP contribution in [0.15, 0.2) is 18.2 Å². The van der Waals surface area contributed by atoms with Gasteiger partial charge in [0.2, 0.25) is 0 Å². The fourth-order valence-corrected chi connectivity index (χ4v) is 3.22. The number of halogens is 3. The molecule has 0 bridgehead atoms. The molecule has 0 aromatic heterocycles. The van der Waals surface area contributed by atoms with Crippen LogP contribution in [0.1, 0.15) is 43.9 Å². The van der Waals surface area contributed by atoms with Crippen LogP contribution < -0.4 is 10.1 Å². The Kier molecular flexibility index (Phi) is 6.52. The third-order valence-corrected chi connectivity index (χ3v) is 4.53. The number of rotatable bonds is 6. The average molecular weight is 344 g/mol. The second-order valence-corrected chi connectivity index (χ2v) is 6.72. The molecule has 0 unspecified atom stereocenters. The largest absolute Gasteiger partial charge is 0.497 e. The Hall–Kier alpha value is -1.27. The van der Waals surface area contributed by atoms with Crippen molar-refractivity contribution in [3.8, 4) is 5.75 Å². The number of piperazine rings is 1. The van der Waals surface area contributed by atoms with Crippen molar-refractivity contribution in [3.05, 3.63) is 29.3 Å². The number of hydrogen-bond acceptors (Lipinski definition) is 3. The molecule has 0 saturated carbocycles. The van der Waals surface area contributed by atoms with E-state index in [0.29, 0.717) is 11.5 Å². The predicted molar refractivity (Wildman–Crippen MR) is 89.3 cm³/mol. The smallest absolute Gasteiger partial charge is 0.416 e. The van der Waals surface area contributed by atoms with Gasteiger partial charge in [-0.3, -0.25) is 4.90 Å². The fraction of sp³-hybridized carbons (Fsp3) is 0.667. The molecule has 0 radical (unpaired) electrons. The zero-order valence-corrected chi connectivity index (χ0v) is 14.6. The molecule has 3 nitrogen and oxygen atoms in total. The molecular weight excluding hydrogens is 317 g/mol. The highest BCUT2D eigenvalue weighted by molar-refractivity contribution is 5.39. The van der Waals surface area contributed by atoms with E-state index in [1.165, 1.54) is 7.11 Å². The third kappa shape index (κ3) is 4.86. The average Bonchev–Trinajstić information content (AvgIpc) is 2.55. The topological polar surface area (TPSA) is 24.5 Å². The molecule has 1 heterocycles. The van der Waals surface area contributed by atoms with Crippen LogP contribution in [0, 0.1) is 5.92 Å². The maximum Gasteiger partial charge on any atom is 0.416 e. The van der Waals surface area contributed by atoms with Crippen molar-refractivity contribution in [2.45, 2.75) is 38.9 Å². The van der Waals surface area contributed by atoms with Crippen molar-refractivity contribution >= 4 is 0 Å². The molecule has 6 heteroatoms. The Balaban J connectivity index is 2.39. The molecule has 0 aliphatic carbocycles. The molecule has 1 aromatic rings. The van der Waals surface area contributed by atoms with E-state index in [-0.39, 0.29) is 11.8 Å². The van der Waals surface area contributed by atoms with Crippen LogP contribution in [0.5, 0.6) is 5.75 Å². The van der Waals surface area contributed by atoms with Crippen molar-refractivity contribution in [3.63, 3.8) is 0 Å². The van der Waals surface area contributed by atoms with Crippen LogP contribution in [0.3, 0.4) is 0 Å². The van der Waals surface area contributed by atoms with Crippen molar-refractivity contribution < 1.29 is 17.9 Å². The molecule has 136 valence electrons. The van der Waals surface area contributed by atoms with Gasteiger partial charge in [0.1, 0.15) is 5.75 Å². The third-order valence-electron chi connectivity index (χ3n) is 4.53. The normalized spacial score (nSPS) is 18.0. The number of hydrogen-bond donors (Lipinski definition) is 1. The van der Waals surface area contributed by atoms with Gasteiger partial charge < -0.3 is 10.1 Å². The van der Waals surface area contributed by atoms with Gasteiger partial charge in [0.15, 0.2) is 0 Å². The minimum absolute atomic E-state index is 0.211. The minimum atomic E-state index is -4.38. The molecule has 2 rings (SSSR count). The number of ether oxygens (including phenoxy) is 1. The Morgan fingerprint density at radius 2 is 1.83 bits per heavy atom. The quantitative estimate of drug-likeness (QED) is 0.841. The van der Waals surface area contributed by atoms with Gasteiger partial charge >= 0.3 is 6.18 Å². The summed E-state index contributed by atoms with van der Waals surface area (Å²) in [5.74, 6) is 0.706. The molecule has 1 aromatic carbocycles. The first-order chi connectivity index (χ1) is 11.3. The van der Waals surface area contributed by atoms with Crippen LogP contribution in [-0.2, 0) is 6.18 Å². The Morgan fingerprint density at radius 1 is 1.17 bits per heavy atom. The van der Waals surface area contributed by atoms with Gasteiger partial charge in [-0.05, 0) is 36.5 Å². The fourth-order valence-electron chi connectivity index (χ4n) is 3.22. The lowest BCUT2D eigenvalue weighted by Crippen LogP contribution is -2.45. The van der Waals surface area contributed by atoms with Crippen LogP contribution in [-0.4, -0.2) is 38.2 Å². The van der Waals surface area contributed by atoms with Gasteiger partial charge in [-0.15, -0.1) is 0 Å². The molecule has 0 amide bonds. The molecule has 0 spiro atoms. The van der Waals surface area contributed by atoms with E-state index >= 15 is 0 Å². The lowest BCUT2D eigenvalue weighted by atomic mass is 9.92. The van der Waals surface area contributed by atoms with Crippen molar-refractivity contribution in [1.29, 1.82) is 0 Å². The standard InChI is InChI=1S/C18H27F3N2O/c1-13(2)4-7-17(23-10-8-22-9-11-23)15-6-5-14(24-3)12-16(15)18(19,20)21/h5-6,12-13,17,22H,4,7-11H2,1-3H3/t17-/m1/s1. The zero-order valence-electron chi connectivity index (χ0n) is 14.6. The van der Waals surface area contributed by atoms with Crippen LogP contribution in [0.4, 0.5) is 13.2 Å². The summed E-state index contributed by atoms with van der Waals surface area (Å²) in [5.41, 5.74) is -0.208. The summed E-state index contributed by atoms with van der Waals surface area (Å²) < 4.78 is 45.8. The highest BCUT2D eigenvalue weighted by Gasteiger charge is 2.37.